The van der Waals surface area contributed by atoms with E-state index in [4.69, 9.17) is 9.26 Å². The van der Waals surface area contributed by atoms with Gasteiger partial charge >= 0.3 is 5.97 Å². The first-order valence-electron chi connectivity index (χ1n) is 6.61. The number of rotatable bonds is 6. The zero-order valence-electron chi connectivity index (χ0n) is 12.5. The van der Waals surface area contributed by atoms with Crippen LogP contribution >= 0.6 is 0 Å². The molecule has 1 aromatic carbocycles. The lowest BCUT2D eigenvalue weighted by molar-refractivity contribution is -0.143. The maximum Gasteiger partial charge on any atom is 0.325 e. The SMILES string of the molecule is COc1ccc(F)c([C@H](C(=O)O)N(C)Cc2cc(C)no2)c1. The lowest BCUT2D eigenvalue weighted by atomic mass is 10.0. The van der Waals surface area contributed by atoms with E-state index in [2.05, 4.69) is 5.16 Å². The highest BCUT2D eigenvalue weighted by Crippen LogP contribution is 2.27. The summed E-state index contributed by atoms with van der Waals surface area (Å²) in [5.41, 5.74) is 0.730. The molecule has 0 saturated heterocycles. The van der Waals surface area contributed by atoms with Gasteiger partial charge in [0.2, 0.25) is 0 Å². The molecule has 0 fully saturated rings. The topological polar surface area (TPSA) is 75.8 Å². The van der Waals surface area contributed by atoms with Crippen molar-refractivity contribution in [3.8, 4) is 5.75 Å². The molecule has 7 heteroatoms. The molecule has 0 radical (unpaired) electrons. The molecule has 6 nitrogen and oxygen atoms in total. The van der Waals surface area contributed by atoms with Crippen molar-refractivity contribution in [1.29, 1.82) is 0 Å². The number of hydrogen-bond donors (Lipinski definition) is 1. The van der Waals surface area contributed by atoms with Crippen molar-refractivity contribution in [2.45, 2.75) is 19.5 Å². The third-order valence-corrected chi connectivity index (χ3v) is 3.25. The second-order valence-electron chi connectivity index (χ2n) is 4.98. The predicted octanol–water partition coefficient (Wildman–Crippen LogP) is 2.39. The fourth-order valence-corrected chi connectivity index (χ4v) is 2.25. The van der Waals surface area contributed by atoms with E-state index in [1.54, 1.807) is 20.0 Å². The second kappa shape index (κ2) is 6.57. The molecule has 0 aliphatic carbocycles. The van der Waals surface area contributed by atoms with Crippen molar-refractivity contribution in [3.63, 3.8) is 0 Å². The molecular formula is C15H17FN2O4. The van der Waals surface area contributed by atoms with Crippen LogP contribution in [0.1, 0.15) is 23.1 Å². The van der Waals surface area contributed by atoms with Gasteiger partial charge in [-0.2, -0.15) is 0 Å². The molecule has 2 rings (SSSR count). The van der Waals surface area contributed by atoms with E-state index in [1.807, 2.05) is 0 Å². The summed E-state index contributed by atoms with van der Waals surface area (Å²) in [4.78, 5) is 13.1. The zero-order valence-corrected chi connectivity index (χ0v) is 12.5. The monoisotopic (exact) mass is 308 g/mol. The molecule has 0 amide bonds. The summed E-state index contributed by atoms with van der Waals surface area (Å²) in [6.07, 6.45) is 0. The van der Waals surface area contributed by atoms with Gasteiger partial charge < -0.3 is 14.4 Å². The first kappa shape index (κ1) is 16.0. The number of ether oxygens (including phenoxy) is 1. The molecule has 1 atom stereocenters. The minimum atomic E-state index is -1.17. The quantitative estimate of drug-likeness (QED) is 0.883. The Morgan fingerprint density at radius 3 is 2.77 bits per heavy atom. The normalized spacial score (nSPS) is 12.4. The summed E-state index contributed by atoms with van der Waals surface area (Å²) < 4.78 is 24.1. The molecule has 0 unspecified atom stereocenters. The summed E-state index contributed by atoms with van der Waals surface area (Å²) in [7, 11) is 3.02. The average Bonchev–Trinajstić information content (AvgIpc) is 2.86. The second-order valence-corrected chi connectivity index (χ2v) is 4.98. The number of aromatic nitrogens is 1. The van der Waals surface area contributed by atoms with Crippen LogP contribution in [-0.2, 0) is 11.3 Å². The fraction of sp³-hybridized carbons (Fsp3) is 0.333. The molecule has 0 saturated carbocycles. The number of likely N-dealkylation sites (N-methyl/N-ethyl adjacent to an activating group) is 1. The van der Waals surface area contributed by atoms with E-state index < -0.39 is 17.8 Å². The summed E-state index contributed by atoms with van der Waals surface area (Å²) in [6.45, 7) is 1.96. The first-order chi connectivity index (χ1) is 10.4. The summed E-state index contributed by atoms with van der Waals surface area (Å²) in [5, 5.41) is 13.2. The molecule has 1 aromatic heterocycles. The van der Waals surface area contributed by atoms with Crippen molar-refractivity contribution in [1.82, 2.24) is 10.1 Å². The minimum absolute atomic E-state index is 0.0330. The van der Waals surface area contributed by atoms with Gasteiger partial charge in [-0.3, -0.25) is 9.69 Å². The molecule has 0 aliphatic rings. The molecule has 1 N–H and O–H groups in total. The van der Waals surface area contributed by atoms with Crippen LogP contribution in [0.4, 0.5) is 4.39 Å². The van der Waals surface area contributed by atoms with Gasteiger partial charge in [-0.1, -0.05) is 5.16 Å². The van der Waals surface area contributed by atoms with Crippen LogP contribution in [0.15, 0.2) is 28.8 Å². The molecule has 0 bridgehead atoms. The van der Waals surface area contributed by atoms with Crippen LogP contribution in [0.3, 0.4) is 0 Å². The molecule has 2 aromatic rings. The standard InChI is InChI=1S/C15H17FN2O4/c1-9-6-11(22-17-9)8-18(2)14(15(19)20)12-7-10(21-3)4-5-13(12)16/h4-7,14H,8H2,1-3H3,(H,19,20)/t14-/m1/s1. The van der Waals surface area contributed by atoms with E-state index in [0.29, 0.717) is 17.2 Å². The number of carboxylic acids is 1. The average molecular weight is 308 g/mol. The Hall–Kier alpha value is -2.41. The first-order valence-corrected chi connectivity index (χ1v) is 6.61. The van der Waals surface area contributed by atoms with Crippen LogP contribution in [0.25, 0.3) is 0 Å². The Morgan fingerprint density at radius 1 is 1.50 bits per heavy atom. The maximum absolute atomic E-state index is 14.0. The number of halogens is 1. The Kier molecular flexibility index (Phi) is 4.77. The third kappa shape index (κ3) is 3.43. The Morgan fingerprint density at radius 2 is 2.23 bits per heavy atom. The van der Waals surface area contributed by atoms with Gasteiger partial charge in [0.25, 0.3) is 0 Å². The summed E-state index contributed by atoms with van der Waals surface area (Å²) in [5.74, 6) is -0.860. The highest BCUT2D eigenvalue weighted by molar-refractivity contribution is 5.75. The van der Waals surface area contributed by atoms with Crippen molar-refractivity contribution >= 4 is 5.97 Å². The number of aryl methyl sites for hydroxylation is 1. The van der Waals surface area contributed by atoms with Gasteiger partial charge in [-0.05, 0) is 32.2 Å². The molecule has 0 aliphatic heterocycles. The van der Waals surface area contributed by atoms with Crippen LogP contribution in [0, 0.1) is 12.7 Å². The lowest BCUT2D eigenvalue weighted by Crippen LogP contribution is -2.31. The summed E-state index contributed by atoms with van der Waals surface area (Å²) in [6, 6.07) is 4.56. The molecule has 118 valence electrons. The van der Waals surface area contributed by atoms with Crippen molar-refractivity contribution in [2.75, 3.05) is 14.2 Å². The maximum atomic E-state index is 14.0. The van der Waals surface area contributed by atoms with E-state index >= 15 is 0 Å². The molecule has 0 spiro atoms. The van der Waals surface area contributed by atoms with Gasteiger partial charge in [0, 0.05) is 11.6 Å². The number of nitrogens with zero attached hydrogens (tertiary/aromatic N) is 2. The Labute approximate surface area is 127 Å². The highest BCUT2D eigenvalue weighted by atomic mass is 19.1. The van der Waals surface area contributed by atoms with Gasteiger partial charge in [0.05, 0.1) is 19.3 Å². The van der Waals surface area contributed by atoms with Gasteiger partial charge in [-0.25, -0.2) is 4.39 Å². The number of methoxy groups -OCH3 is 1. The van der Waals surface area contributed by atoms with Gasteiger partial charge in [0.15, 0.2) is 5.76 Å². The number of hydrogen-bond acceptors (Lipinski definition) is 5. The van der Waals surface area contributed by atoms with Gasteiger partial charge in [-0.15, -0.1) is 0 Å². The molecule has 22 heavy (non-hydrogen) atoms. The van der Waals surface area contributed by atoms with Crippen molar-refractivity contribution < 1.29 is 23.6 Å². The predicted molar refractivity (Wildman–Crippen MR) is 76.0 cm³/mol. The third-order valence-electron chi connectivity index (χ3n) is 3.25. The van der Waals surface area contributed by atoms with Crippen LogP contribution in [-0.4, -0.2) is 35.3 Å². The Bertz CT molecular complexity index is 671. The van der Waals surface area contributed by atoms with Crippen molar-refractivity contribution in [2.24, 2.45) is 0 Å². The Balaban J connectivity index is 2.31. The van der Waals surface area contributed by atoms with Crippen LogP contribution in [0.5, 0.6) is 5.75 Å². The zero-order chi connectivity index (χ0) is 16.3. The van der Waals surface area contributed by atoms with Crippen molar-refractivity contribution in [3.05, 3.63) is 47.1 Å². The van der Waals surface area contributed by atoms with E-state index in [1.165, 1.54) is 30.2 Å². The fourth-order valence-electron chi connectivity index (χ4n) is 2.25. The van der Waals surface area contributed by atoms with Gasteiger partial charge in [0.1, 0.15) is 17.6 Å². The number of carboxylic acid groups (broad SMARTS) is 1. The summed E-state index contributed by atoms with van der Waals surface area (Å²) >= 11 is 0. The minimum Gasteiger partial charge on any atom is -0.497 e. The van der Waals surface area contributed by atoms with E-state index in [0.717, 1.165) is 0 Å². The lowest BCUT2D eigenvalue weighted by Gasteiger charge is -2.24. The number of carbonyl (C=O) groups is 1. The largest absolute Gasteiger partial charge is 0.497 e. The number of benzene rings is 1. The smallest absolute Gasteiger partial charge is 0.325 e. The highest BCUT2D eigenvalue weighted by Gasteiger charge is 2.28. The van der Waals surface area contributed by atoms with E-state index in [9.17, 15) is 14.3 Å². The molecular weight excluding hydrogens is 291 g/mol. The number of aliphatic carboxylic acids is 1. The van der Waals surface area contributed by atoms with Crippen LogP contribution in [0.2, 0.25) is 0 Å². The molecule has 1 heterocycles. The van der Waals surface area contributed by atoms with E-state index in [-0.39, 0.29) is 12.1 Å². The van der Waals surface area contributed by atoms with Crippen LogP contribution < -0.4 is 4.74 Å².